The summed E-state index contributed by atoms with van der Waals surface area (Å²) in [5.74, 6) is -1.57. The summed E-state index contributed by atoms with van der Waals surface area (Å²) in [4.78, 5) is 17.6. The lowest BCUT2D eigenvalue weighted by atomic mass is 10.0. The van der Waals surface area contributed by atoms with Crippen LogP contribution in [0.3, 0.4) is 0 Å². The molecular weight excluding hydrogens is 358 g/mol. The number of fused-ring (bicyclic) bond motifs is 1. The van der Waals surface area contributed by atoms with Crippen LogP contribution in [0, 0.1) is 11.6 Å². The van der Waals surface area contributed by atoms with Crippen molar-refractivity contribution in [3.63, 3.8) is 0 Å². The zero-order valence-electron chi connectivity index (χ0n) is 14.0. The zero-order chi connectivity index (χ0) is 19.3. The number of primary amides is 1. The Balaban J connectivity index is 1.82. The molecule has 5 N–H and O–H groups in total. The summed E-state index contributed by atoms with van der Waals surface area (Å²) in [5.41, 5.74) is 11.6. The van der Waals surface area contributed by atoms with E-state index in [1.54, 1.807) is 4.90 Å². The van der Waals surface area contributed by atoms with Crippen molar-refractivity contribution in [1.82, 2.24) is 14.6 Å². The minimum absolute atomic E-state index is 0.0318. The number of halogens is 2. The molecule has 1 saturated heterocycles. The van der Waals surface area contributed by atoms with Crippen molar-refractivity contribution in [2.45, 2.75) is 18.6 Å². The molecule has 1 aliphatic rings. The molecule has 0 saturated carbocycles. The van der Waals surface area contributed by atoms with Crippen LogP contribution < -0.4 is 16.4 Å². The van der Waals surface area contributed by atoms with Crippen molar-refractivity contribution in [3.05, 3.63) is 53.4 Å². The molecule has 0 radical (unpaired) electrons. The fourth-order valence-corrected chi connectivity index (χ4v) is 3.51. The molecule has 1 fully saturated rings. The second kappa shape index (κ2) is 6.16. The van der Waals surface area contributed by atoms with E-state index >= 15 is 0 Å². The Hall–Kier alpha value is -3.27. The second-order valence-electron chi connectivity index (χ2n) is 6.42. The number of aliphatic hydroxyl groups excluding tert-OH is 1. The number of rotatable bonds is 3. The number of amides is 1. The van der Waals surface area contributed by atoms with Gasteiger partial charge in [0.25, 0.3) is 5.91 Å². The van der Waals surface area contributed by atoms with Crippen molar-refractivity contribution in [2.75, 3.05) is 17.2 Å². The lowest BCUT2D eigenvalue weighted by molar-refractivity contribution is 0.100. The van der Waals surface area contributed by atoms with E-state index in [0.717, 1.165) is 18.2 Å². The van der Waals surface area contributed by atoms with Gasteiger partial charge in [-0.3, -0.25) is 4.79 Å². The summed E-state index contributed by atoms with van der Waals surface area (Å²) in [5, 5.41) is 14.1. The standard InChI is InChI=1S/C17H16F2N6O2/c18-8-1-2-11(19)10(3-8)12-4-9(26)6-24(12)14-5-13-15(17(21)27)16(20)23-25(13)7-22-14/h1-3,5,7,9,12,26H,4,6H2,(H2,20,23)(H2,21,27)/t9-,12+/m0/s1. The van der Waals surface area contributed by atoms with Crippen LogP contribution in [0.4, 0.5) is 20.4 Å². The Kier molecular flexibility index (Phi) is 3.92. The van der Waals surface area contributed by atoms with Crippen molar-refractivity contribution in [1.29, 1.82) is 0 Å². The van der Waals surface area contributed by atoms with Gasteiger partial charge < -0.3 is 21.5 Å². The van der Waals surface area contributed by atoms with E-state index in [1.165, 1.54) is 16.9 Å². The number of carbonyl (C=O) groups excluding carboxylic acids is 1. The Labute approximate surface area is 152 Å². The normalized spacial score (nSPS) is 19.7. The first kappa shape index (κ1) is 17.2. The van der Waals surface area contributed by atoms with Crippen LogP contribution in [0.5, 0.6) is 0 Å². The smallest absolute Gasteiger partial charge is 0.254 e. The van der Waals surface area contributed by atoms with Gasteiger partial charge in [-0.05, 0) is 24.6 Å². The second-order valence-corrected chi connectivity index (χ2v) is 6.42. The summed E-state index contributed by atoms with van der Waals surface area (Å²) in [6.45, 7) is 0.166. The monoisotopic (exact) mass is 374 g/mol. The third kappa shape index (κ3) is 2.83. The van der Waals surface area contributed by atoms with E-state index in [0.29, 0.717) is 11.3 Å². The molecule has 8 nitrogen and oxygen atoms in total. The molecule has 1 aliphatic heterocycles. The third-order valence-electron chi connectivity index (χ3n) is 4.68. The number of carbonyl (C=O) groups is 1. The number of hydrogen-bond acceptors (Lipinski definition) is 6. The van der Waals surface area contributed by atoms with E-state index in [2.05, 4.69) is 10.1 Å². The molecule has 3 heterocycles. The van der Waals surface area contributed by atoms with Gasteiger partial charge in [-0.15, -0.1) is 5.10 Å². The highest BCUT2D eigenvalue weighted by Crippen LogP contribution is 2.37. The van der Waals surface area contributed by atoms with Gasteiger partial charge in [0.1, 0.15) is 29.3 Å². The SMILES string of the molecule is NC(=O)c1c(N)nn2cnc(N3C[C@@H](O)C[C@@H]3c3cc(F)ccc3F)cc12. The topological polar surface area (TPSA) is 123 Å². The first-order chi connectivity index (χ1) is 12.8. The minimum Gasteiger partial charge on any atom is -0.391 e. The Morgan fingerprint density at radius 3 is 2.81 bits per heavy atom. The molecule has 10 heteroatoms. The van der Waals surface area contributed by atoms with Crippen LogP contribution >= 0.6 is 0 Å². The van der Waals surface area contributed by atoms with E-state index < -0.39 is 29.7 Å². The molecule has 4 rings (SSSR count). The van der Waals surface area contributed by atoms with Gasteiger partial charge >= 0.3 is 0 Å². The number of anilines is 2. The van der Waals surface area contributed by atoms with Gasteiger partial charge in [-0.1, -0.05) is 0 Å². The van der Waals surface area contributed by atoms with E-state index in [9.17, 15) is 18.7 Å². The number of aliphatic hydroxyl groups is 1. The molecule has 3 aromatic rings. The average Bonchev–Trinajstić information content (AvgIpc) is 3.15. The maximum Gasteiger partial charge on any atom is 0.254 e. The molecule has 0 spiro atoms. The molecule has 27 heavy (non-hydrogen) atoms. The highest BCUT2D eigenvalue weighted by atomic mass is 19.1. The van der Waals surface area contributed by atoms with E-state index in [-0.39, 0.29) is 29.9 Å². The van der Waals surface area contributed by atoms with Crippen molar-refractivity contribution < 1.29 is 18.7 Å². The number of benzene rings is 1. The number of β-amino-alcohol motifs (C(OH)–C–C–N with tert-alkyl or cyclic N) is 1. The van der Waals surface area contributed by atoms with Gasteiger partial charge in [0.2, 0.25) is 0 Å². The molecule has 140 valence electrons. The van der Waals surface area contributed by atoms with Gasteiger partial charge in [0.05, 0.1) is 17.7 Å². The van der Waals surface area contributed by atoms with Crippen LogP contribution in [0.15, 0.2) is 30.6 Å². The average molecular weight is 374 g/mol. The Morgan fingerprint density at radius 2 is 2.07 bits per heavy atom. The van der Waals surface area contributed by atoms with Crippen LogP contribution in [-0.2, 0) is 0 Å². The van der Waals surface area contributed by atoms with E-state index in [4.69, 9.17) is 11.5 Å². The maximum atomic E-state index is 14.3. The summed E-state index contributed by atoms with van der Waals surface area (Å²) in [6, 6.07) is 4.10. The zero-order valence-corrected chi connectivity index (χ0v) is 14.0. The van der Waals surface area contributed by atoms with Gasteiger partial charge in [0, 0.05) is 18.2 Å². The molecule has 1 aromatic carbocycles. The maximum absolute atomic E-state index is 14.3. The molecule has 2 atom stereocenters. The molecule has 0 aliphatic carbocycles. The number of aromatic nitrogens is 3. The summed E-state index contributed by atoms with van der Waals surface area (Å²) in [6.07, 6.45) is 0.801. The highest BCUT2D eigenvalue weighted by molar-refractivity contribution is 6.04. The quantitative estimate of drug-likeness (QED) is 0.629. The van der Waals surface area contributed by atoms with Crippen LogP contribution in [0.25, 0.3) is 5.52 Å². The molecular formula is C17H16F2N6O2. The molecule has 0 bridgehead atoms. The predicted molar refractivity (Wildman–Crippen MR) is 93.0 cm³/mol. The first-order valence-electron chi connectivity index (χ1n) is 8.18. The van der Waals surface area contributed by atoms with Crippen LogP contribution in [0.1, 0.15) is 28.4 Å². The Morgan fingerprint density at radius 1 is 1.30 bits per heavy atom. The minimum atomic E-state index is -0.749. The largest absolute Gasteiger partial charge is 0.391 e. The highest BCUT2D eigenvalue weighted by Gasteiger charge is 2.35. The van der Waals surface area contributed by atoms with Gasteiger partial charge in [-0.2, -0.15) is 0 Å². The number of nitrogen functional groups attached to an aromatic ring is 1. The van der Waals surface area contributed by atoms with Crippen molar-refractivity contribution in [3.8, 4) is 0 Å². The fraction of sp³-hybridized carbons (Fsp3) is 0.235. The van der Waals surface area contributed by atoms with Crippen molar-refractivity contribution >= 4 is 23.1 Å². The first-order valence-corrected chi connectivity index (χ1v) is 8.18. The summed E-state index contributed by atoms with van der Waals surface area (Å²) in [7, 11) is 0. The fourth-order valence-electron chi connectivity index (χ4n) is 3.51. The number of nitrogens with zero attached hydrogens (tertiary/aromatic N) is 4. The number of nitrogens with two attached hydrogens (primary N) is 2. The lowest BCUT2D eigenvalue weighted by Crippen LogP contribution is -2.26. The molecule has 1 amide bonds. The van der Waals surface area contributed by atoms with E-state index in [1.807, 2.05) is 0 Å². The molecule has 2 aromatic heterocycles. The number of hydrogen-bond donors (Lipinski definition) is 3. The Bertz CT molecular complexity index is 1050. The third-order valence-corrected chi connectivity index (χ3v) is 4.68. The predicted octanol–water partition coefficient (Wildman–Crippen LogP) is 1.00. The van der Waals surface area contributed by atoms with Gasteiger partial charge in [-0.25, -0.2) is 18.3 Å². The van der Waals surface area contributed by atoms with Crippen molar-refractivity contribution in [2.24, 2.45) is 5.73 Å². The molecule has 0 unspecified atom stereocenters. The summed E-state index contributed by atoms with van der Waals surface area (Å²) < 4.78 is 29.2. The van der Waals surface area contributed by atoms with Crippen LogP contribution in [-0.4, -0.2) is 38.3 Å². The lowest BCUT2D eigenvalue weighted by Gasteiger charge is -2.26. The van der Waals surface area contributed by atoms with Crippen LogP contribution in [0.2, 0.25) is 0 Å². The van der Waals surface area contributed by atoms with Gasteiger partial charge in [0.15, 0.2) is 5.82 Å². The summed E-state index contributed by atoms with van der Waals surface area (Å²) >= 11 is 0.